The van der Waals surface area contributed by atoms with E-state index in [0.29, 0.717) is 12.5 Å². The van der Waals surface area contributed by atoms with Crippen molar-refractivity contribution in [3.8, 4) is 0 Å². The monoisotopic (exact) mass is 266 g/mol. The SMILES string of the molecule is CC(C)CC(CN(C)C)n1cc(C(=O)O)ccc1=O. The van der Waals surface area contributed by atoms with E-state index in [4.69, 9.17) is 5.11 Å². The lowest BCUT2D eigenvalue weighted by molar-refractivity contribution is 0.0695. The van der Waals surface area contributed by atoms with Gasteiger partial charge in [-0.1, -0.05) is 13.8 Å². The average molecular weight is 266 g/mol. The van der Waals surface area contributed by atoms with Crippen LogP contribution in [0.25, 0.3) is 0 Å². The number of carboxylic acids is 1. The minimum absolute atomic E-state index is 0.0122. The number of hydrogen-bond acceptors (Lipinski definition) is 3. The molecular weight excluding hydrogens is 244 g/mol. The number of aromatic carboxylic acids is 1. The van der Waals surface area contributed by atoms with Crippen LogP contribution in [0.1, 0.15) is 36.7 Å². The summed E-state index contributed by atoms with van der Waals surface area (Å²) >= 11 is 0. The summed E-state index contributed by atoms with van der Waals surface area (Å²) in [5.74, 6) is -0.577. The molecular formula is C14H22N2O3. The maximum atomic E-state index is 11.9. The van der Waals surface area contributed by atoms with Crippen LogP contribution in [0.3, 0.4) is 0 Å². The lowest BCUT2D eigenvalue weighted by atomic mass is 10.0. The van der Waals surface area contributed by atoms with Crippen LogP contribution in [0, 0.1) is 5.92 Å². The summed E-state index contributed by atoms with van der Waals surface area (Å²) in [4.78, 5) is 25.0. The maximum absolute atomic E-state index is 11.9. The molecule has 5 heteroatoms. The van der Waals surface area contributed by atoms with Crippen molar-refractivity contribution in [1.82, 2.24) is 9.47 Å². The molecule has 0 amide bonds. The highest BCUT2D eigenvalue weighted by atomic mass is 16.4. The highest BCUT2D eigenvalue weighted by Crippen LogP contribution is 2.17. The van der Waals surface area contributed by atoms with Crippen LogP contribution in [-0.4, -0.2) is 41.2 Å². The number of pyridine rings is 1. The van der Waals surface area contributed by atoms with Crippen molar-refractivity contribution in [2.24, 2.45) is 5.92 Å². The van der Waals surface area contributed by atoms with Crippen LogP contribution in [0.15, 0.2) is 23.1 Å². The predicted octanol–water partition coefficient (Wildman–Crippen LogP) is 1.70. The third-order valence-corrected chi connectivity index (χ3v) is 2.90. The minimum atomic E-state index is -1.01. The van der Waals surface area contributed by atoms with Gasteiger partial charge in [-0.25, -0.2) is 4.79 Å². The first-order valence-electron chi connectivity index (χ1n) is 6.41. The third kappa shape index (κ3) is 4.52. The zero-order valence-electron chi connectivity index (χ0n) is 12.0. The minimum Gasteiger partial charge on any atom is -0.478 e. The number of carbonyl (C=O) groups is 1. The molecule has 1 unspecified atom stereocenters. The molecule has 1 heterocycles. The molecule has 0 aliphatic rings. The van der Waals surface area contributed by atoms with Gasteiger partial charge in [0.1, 0.15) is 0 Å². The summed E-state index contributed by atoms with van der Waals surface area (Å²) in [6.45, 7) is 4.89. The Kier molecular flexibility index (Phi) is 5.30. The van der Waals surface area contributed by atoms with Crippen LogP contribution in [0.4, 0.5) is 0 Å². The van der Waals surface area contributed by atoms with Crippen molar-refractivity contribution in [2.45, 2.75) is 26.3 Å². The van der Waals surface area contributed by atoms with Crippen molar-refractivity contribution in [1.29, 1.82) is 0 Å². The summed E-state index contributed by atoms with van der Waals surface area (Å²) in [6.07, 6.45) is 2.28. The normalized spacial score (nSPS) is 12.9. The fraction of sp³-hybridized carbons (Fsp3) is 0.571. The summed E-state index contributed by atoms with van der Waals surface area (Å²) in [6, 6.07) is 2.66. The van der Waals surface area contributed by atoms with Gasteiger partial charge in [-0.3, -0.25) is 4.79 Å². The molecule has 19 heavy (non-hydrogen) atoms. The number of hydrogen-bond donors (Lipinski definition) is 1. The summed E-state index contributed by atoms with van der Waals surface area (Å²) in [5.41, 5.74) is -0.00962. The van der Waals surface area contributed by atoms with E-state index in [1.807, 2.05) is 19.0 Å². The molecule has 0 radical (unpaired) electrons. The Hall–Kier alpha value is -1.62. The topological polar surface area (TPSA) is 62.5 Å². The fourth-order valence-corrected chi connectivity index (χ4v) is 2.16. The van der Waals surface area contributed by atoms with Crippen LogP contribution in [0.2, 0.25) is 0 Å². The zero-order chi connectivity index (χ0) is 14.6. The first-order chi connectivity index (χ1) is 8.81. The van der Waals surface area contributed by atoms with E-state index in [2.05, 4.69) is 13.8 Å². The molecule has 1 N–H and O–H groups in total. The van der Waals surface area contributed by atoms with Gasteiger partial charge >= 0.3 is 5.97 Å². The van der Waals surface area contributed by atoms with Gasteiger partial charge in [-0.05, 0) is 32.5 Å². The van der Waals surface area contributed by atoms with Gasteiger partial charge < -0.3 is 14.6 Å². The Balaban J connectivity index is 3.16. The molecule has 106 valence electrons. The Labute approximate surface area is 113 Å². The number of rotatable bonds is 6. The molecule has 0 saturated carbocycles. The molecule has 1 atom stereocenters. The molecule has 0 aliphatic carbocycles. The van der Waals surface area contributed by atoms with Crippen LogP contribution in [-0.2, 0) is 0 Å². The molecule has 0 fully saturated rings. The summed E-state index contributed by atoms with van der Waals surface area (Å²) < 4.78 is 1.55. The molecule has 1 aromatic rings. The van der Waals surface area contributed by atoms with Gasteiger partial charge in [0.25, 0.3) is 5.56 Å². The first kappa shape index (κ1) is 15.4. The van der Waals surface area contributed by atoms with Gasteiger partial charge in [0, 0.05) is 24.8 Å². The van der Waals surface area contributed by atoms with E-state index in [9.17, 15) is 9.59 Å². The number of carboxylic acid groups (broad SMARTS) is 1. The van der Waals surface area contributed by atoms with Gasteiger partial charge in [0.2, 0.25) is 0 Å². The van der Waals surface area contributed by atoms with Crippen LogP contribution in [0.5, 0.6) is 0 Å². The molecule has 0 bridgehead atoms. The number of nitrogens with zero attached hydrogens (tertiary/aromatic N) is 2. The Bertz CT molecular complexity index is 482. The van der Waals surface area contributed by atoms with E-state index in [0.717, 1.165) is 6.42 Å². The lowest BCUT2D eigenvalue weighted by Crippen LogP contribution is -2.32. The van der Waals surface area contributed by atoms with Gasteiger partial charge in [0.15, 0.2) is 0 Å². The Morgan fingerprint density at radius 3 is 2.47 bits per heavy atom. The molecule has 5 nitrogen and oxygen atoms in total. The highest BCUT2D eigenvalue weighted by Gasteiger charge is 2.16. The molecule has 0 saturated heterocycles. The van der Waals surface area contributed by atoms with E-state index < -0.39 is 5.97 Å². The third-order valence-electron chi connectivity index (χ3n) is 2.90. The molecule has 1 rings (SSSR count). The van der Waals surface area contributed by atoms with Crippen molar-refractivity contribution in [2.75, 3.05) is 20.6 Å². The van der Waals surface area contributed by atoms with Crippen LogP contribution < -0.4 is 5.56 Å². The zero-order valence-corrected chi connectivity index (χ0v) is 12.0. The van der Waals surface area contributed by atoms with Crippen molar-refractivity contribution < 1.29 is 9.90 Å². The quantitative estimate of drug-likeness (QED) is 0.851. The second-order valence-corrected chi connectivity index (χ2v) is 5.51. The summed E-state index contributed by atoms with van der Waals surface area (Å²) in [7, 11) is 3.89. The average Bonchev–Trinajstić information content (AvgIpc) is 2.27. The molecule has 0 aromatic carbocycles. The van der Waals surface area contributed by atoms with Crippen molar-refractivity contribution in [3.63, 3.8) is 0 Å². The predicted molar refractivity (Wildman–Crippen MR) is 74.7 cm³/mol. The van der Waals surface area contributed by atoms with Crippen LogP contribution >= 0.6 is 0 Å². The van der Waals surface area contributed by atoms with Crippen molar-refractivity contribution >= 4 is 5.97 Å². The van der Waals surface area contributed by atoms with E-state index in [1.54, 1.807) is 4.57 Å². The standard InChI is InChI=1S/C14H22N2O3/c1-10(2)7-12(9-15(3)4)16-8-11(14(18)19)5-6-13(16)17/h5-6,8,10,12H,7,9H2,1-4H3,(H,18,19). The van der Waals surface area contributed by atoms with E-state index in [1.165, 1.54) is 18.3 Å². The highest BCUT2D eigenvalue weighted by molar-refractivity contribution is 5.87. The van der Waals surface area contributed by atoms with Gasteiger partial charge in [-0.15, -0.1) is 0 Å². The van der Waals surface area contributed by atoms with Gasteiger partial charge in [0.05, 0.1) is 5.56 Å². The molecule has 0 spiro atoms. The maximum Gasteiger partial charge on any atom is 0.337 e. The smallest absolute Gasteiger partial charge is 0.337 e. The molecule has 0 aliphatic heterocycles. The second kappa shape index (κ2) is 6.52. The first-order valence-corrected chi connectivity index (χ1v) is 6.41. The van der Waals surface area contributed by atoms with Gasteiger partial charge in [-0.2, -0.15) is 0 Å². The Morgan fingerprint density at radius 1 is 1.37 bits per heavy atom. The largest absolute Gasteiger partial charge is 0.478 e. The fourth-order valence-electron chi connectivity index (χ4n) is 2.16. The number of likely N-dealkylation sites (N-methyl/N-ethyl adjacent to an activating group) is 1. The number of aromatic nitrogens is 1. The Morgan fingerprint density at radius 2 is 2.00 bits per heavy atom. The second-order valence-electron chi connectivity index (χ2n) is 5.51. The van der Waals surface area contributed by atoms with Crippen molar-refractivity contribution in [3.05, 3.63) is 34.2 Å². The lowest BCUT2D eigenvalue weighted by Gasteiger charge is -2.25. The van der Waals surface area contributed by atoms with E-state index >= 15 is 0 Å². The summed E-state index contributed by atoms with van der Waals surface area (Å²) in [5, 5.41) is 9.02. The molecule has 1 aromatic heterocycles. The van der Waals surface area contributed by atoms with E-state index in [-0.39, 0.29) is 17.2 Å².